The van der Waals surface area contributed by atoms with Gasteiger partial charge in [-0.05, 0) is 26.7 Å². The first-order valence-corrected chi connectivity index (χ1v) is 7.17. The molecule has 1 heterocycles. The normalized spacial score (nSPS) is 54.8. The fourth-order valence-electron chi connectivity index (χ4n) is 4.50. The van der Waals surface area contributed by atoms with Crippen molar-refractivity contribution >= 4 is 5.97 Å². The topological polar surface area (TPSA) is 87.0 Å². The van der Waals surface area contributed by atoms with Gasteiger partial charge < -0.3 is 20.1 Å². The maximum Gasteiger partial charge on any atom is 0.338 e. The van der Waals surface area contributed by atoms with Gasteiger partial charge in [-0.3, -0.25) is 0 Å². The first kappa shape index (κ1) is 14.0. The van der Waals surface area contributed by atoms with Crippen molar-refractivity contribution in [3.63, 3.8) is 0 Å². The highest BCUT2D eigenvalue weighted by Gasteiger charge is 2.64. The predicted octanol–water partition coefficient (Wildman–Crippen LogP) is 0.377. The number of esters is 1. The van der Waals surface area contributed by atoms with E-state index in [-0.39, 0.29) is 11.8 Å². The fraction of sp³-hybridized carbons (Fsp3) is 0.800. The molecule has 5 nitrogen and oxygen atoms in total. The summed E-state index contributed by atoms with van der Waals surface area (Å²) < 4.78 is 5.45. The molecule has 20 heavy (non-hydrogen) atoms. The highest BCUT2D eigenvalue weighted by molar-refractivity contribution is 5.82. The van der Waals surface area contributed by atoms with Gasteiger partial charge in [-0.15, -0.1) is 0 Å². The molecule has 3 aliphatic rings. The van der Waals surface area contributed by atoms with Crippen LogP contribution >= 0.6 is 0 Å². The number of rotatable bonds is 0. The molecule has 5 heteroatoms. The van der Waals surface area contributed by atoms with Crippen molar-refractivity contribution in [2.45, 2.75) is 57.5 Å². The molecule has 0 aromatic carbocycles. The molecule has 1 aliphatic heterocycles. The average molecular weight is 282 g/mol. The smallest absolute Gasteiger partial charge is 0.338 e. The molecule has 1 saturated heterocycles. The zero-order chi connectivity index (χ0) is 14.9. The largest absolute Gasteiger partial charge is 0.459 e. The second-order valence-corrected chi connectivity index (χ2v) is 6.99. The Balaban J connectivity index is 2.05. The van der Waals surface area contributed by atoms with Crippen molar-refractivity contribution in [2.75, 3.05) is 0 Å². The first-order chi connectivity index (χ1) is 9.19. The molecule has 2 fully saturated rings. The van der Waals surface area contributed by atoms with Gasteiger partial charge in [0, 0.05) is 17.3 Å². The van der Waals surface area contributed by atoms with Gasteiger partial charge in [0.05, 0.1) is 12.2 Å². The van der Waals surface area contributed by atoms with Crippen LogP contribution in [-0.2, 0) is 9.53 Å². The molecule has 3 rings (SSSR count). The number of hydrogen-bond acceptors (Lipinski definition) is 5. The molecule has 0 spiro atoms. The highest BCUT2D eigenvalue weighted by atomic mass is 16.6. The standard InChI is InChI=1S/C15H22O5/c1-7-6-9(16)12(17)14(2)5-4-8-11(10(7)14)20-13(18)15(8,3)19/h6,8-12,16-17,19H,4-5H2,1-3H3. The van der Waals surface area contributed by atoms with Crippen LogP contribution in [0, 0.1) is 17.3 Å². The number of fused-ring (bicyclic) bond motifs is 3. The van der Waals surface area contributed by atoms with Gasteiger partial charge in [-0.25, -0.2) is 4.79 Å². The van der Waals surface area contributed by atoms with E-state index in [1.165, 1.54) is 6.92 Å². The average Bonchev–Trinajstić information content (AvgIpc) is 2.57. The Morgan fingerprint density at radius 2 is 2.00 bits per heavy atom. The lowest BCUT2D eigenvalue weighted by Gasteiger charge is -2.53. The lowest BCUT2D eigenvalue weighted by atomic mass is 9.54. The maximum atomic E-state index is 11.9. The van der Waals surface area contributed by atoms with Crippen molar-refractivity contribution in [2.24, 2.45) is 17.3 Å². The zero-order valence-electron chi connectivity index (χ0n) is 12.0. The van der Waals surface area contributed by atoms with E-state index in [9.17, 15) is 20.1 Å². The number of carbonyl (C=O) groups excluding carboxylic acids is 1. The molecule has 3 N–H and O–H groups in total. The van der Waals surface area contributed by atoms with Crippen molar-refractivity contribution in [1.29, 1.82) is 0 Å². The molecular formula is C15H22O5. The molecular weight excluding hydrogens is 260 g/mol. The third-order valence-corrected chi connectivity index (χ3v) is 5.73. The number of ether oxygens (including phenoxy) is 1. The van der Waals surface area contributed by atoms with Crippen LogP contribution in [0.15, 0.2) is 11.6 Å². The maximum absolute atomic E-state index is 11.9. The van der Waals surface area contributed by atoms with Crippen LogP contribution < -0.4 is 0 Å². The minimum Gasteiger partial charge on any atom is -0.459 e. The summed E-state index contributed by atoms with van der Waals surface area (Å²) >= 11 is 0. The quantitative estimate of drug-likeness (QED) is 0.441. The van der Waals surface area contributed by atoms with E-state index in [0.717, 1.165) is 5.57 Å². The predicted molar refractivity (Wildman–Crippen MR) is 70.6 cm³/mol. The van der Waals surface area contributed by atoms with Gasteiger partial charge in [0.15, 0.2) is 5.60 Å². The van der Waals surface area contributed by atoms with Gasteiger partial charge in [0.1, 0.15) is 6.10 Å². The minimum atomic E-state index is -1.45. The molecule has 1 saturated carbocycles. The molecule has 0 amide bonds. The second kappa shape index (κ2) is 4.06. The Morgan fingerprint density at radius 3 is 2.65 bits per heavy atom. The molecule has 0 aromatic heterocycles. The minimum absolute atomic E-state index is 0.155. The van der Waals surface area contributed by atoms with E-state index in [4.69, 9.17) is 4.74 Å². The number of carbonyl (C=O) groups is 1. The van der Waals surface area contributed by atoms with Crippen LogP contribution in [0.2, 0.25) is 0 Å². The molecule has 112 valence electrons. The fourth-order valence-corrected chi connectivity index (χ4v) is 4.50. The van der Waals surface area contributed by atoms with Crippen molar-refractivity contribution in [3.8, 4) is 0 Å². The third kappa shape index (κ3) is 1.57. The van der Waals surface area contributed by atoms with E-state index >= 15 is 0 Å². The van der Waals surface area contributed by atoms with Crippen LogP contribution in [-0.4, -0.2) is 45.2 Å². The molecule has 0 aromatic rings. The third-order valence-electron chi connectivity index (χ3n) is 5.73. The van der Waals surface area contributed by atoms with E-state index in [0.29, 0.717) is 12.8 Å². The summed E-state index contributed by atoms with van der Waals surface area (Å²) in [6.45, 7) is 5.33. The van der Waals surface area contributed by atoms with E-state index in [1.807, 2.05) is 13.8 Å². The lowest BCUT2D eigenvalue weighted by molar-refractivity contribution is -0.158. The van der Waals surface area contributed by atoms with Crippen LogP contribution in [0.25, 0.3) is 0 Å². The first-order valence-electron chi connectivity index (χ1n) is 7.17. The zero-order valence-corrected chi connectivity index (χ0v) is 12.0. The Hall–Kier alpha value is -0.910. The summed E-state index contributed by atoms with van der Waals surface area (Å²) in [5, 5.41) is 30.7. The van der Waals surface area contributed by atoms with Gasteiger partial charge in [-0.2, -0.15) is 0 Å². The van der Waals surface area contributed by atoms with Crippen LogP contribution in [0.1, 0.15) is 33.6 Å². The molecule has 0 bridgehead atoms. The molecule has 7 atom stereocenters. The SMILES string of the molecule is CC1=CC(O)C(O)C2(C)CCC3C(OC(=O)C3(C)O)C12. The highest BCUT2D eigenvalue weighted by Crippen LogP contribution is 2.57. The van der Waals surface area contributed by atoms with Crippen molar-refractivity contribution in [1.82, 2.24) is 0 Å². The van der Waals surface area contributed by atoms with Crippen molar-refractivity contribution in [3.05, 3.63) is 11.6 Å². The Morgan fingerprint density at radius 1 is 1.35 bits per heavy atom. The summed E-state index contributed by atoms with van der Waals surface area (Å²) in [5.74, 6) is -0.985. The summed E-state index contributed by atoms with van der Waals surface area (Å²) in [5.41, 5.74) is -1.06. The monoisotopic (exact) mass is 282 g/mol. The number of aliphatic hydroxyl groups excluding tert-OH is 2. The van der Waals surface area contributed by atoms with E-state index in [1.54, 1.807) is 6.08 Å². The summed E-state index contributed by atoms with van der Waals surface area (Å²) in [7, 11) is 0. The summed E-state index contributed by atoms with van der Waals surface area (Å²) in [6.07, 6.45) is 0.712. The summed E-state index contributed by atoms with van der Waals surface area (Å²) in [4.78, 5) is 11.9. The molecule has 0 radical (unpaired) electrons. The van der Waals surface area contributed by atoms with Crippen LogP contribution in [0.5, 0.6) is 0 Å². The Kier molecular flexibility index (Phi) is 2.85. The van der Waals surface area contributed by atoms with Gasteiger partial charge in [-0.1, -0.05) is 18.6 Å². The van der Waals surface area contributed by atoms with Crippen LogP contribution in [0.4, 0.5) is 0 Å². The van der Waals surface area contributed by atoms with Crippen molar-refractivity contribution < 1.29 is 24.9 Å². The van der Waals surface area contributed by atoms with E-state index in [2.05, 4.69) is 0 Å². The molecule has 7 unspecified atom stereocenters. The number of aliphatic hydroxyl groups is 3. The Labute approximate surface area is 118 Å². The summed E-state index contributed by atoms with van der Waals surface area (Å²) in [6, 6.07) is 0. The lowest BCUT2D eigenvalue weighted by Crippen LogP contribution is -2.57. The number of hydrogen-bond donors (Lipinski definition) is 3. The van der Waals surface area contributed by atoms with E-state index < -0.39 is 35.3 Å². The van der Waals surface area contributed by atoms with Gasteiger partial charge in [0.25, 0.3) is 0 Å². The van der Waals surface area contributed by atoms with Crippen LogP contribution in [0.3, 0.4) is 0 Å². The Bertz CT molecular complexity index is 483. The molecule has 2 aliphatic carbocycles. The second-order valence-electron chi connectivity index (χ2n) is 6.99. The van der Waals surface area contributed by atoms with Gasteiger partial charge in [0.2, 0.25) is 0 Å². The van der Waals surface area contributed by atoms with Gasteiger partial charge >= 0.3 is 5.97 Å².